The van der Waals surface area contributed by atoms with Crippen molar-refractivity contribution in [3.05, 3.63) is 46.0 Å². The third kappa shape index (κ3) is 3.66. The molecule has 0 atom stereocenters. The normalized spacial score (nSPS) is 12.7. The summed E-state index contributed by atoms with van der Waals surface area (Å²) < 4.78 is 0. The van der Waals surface area contributed by atoms with E-state index in [-0.39, 0.29) is 11.2 Å². The molecule has 0 fully saturated rings. The van der Waals surface area contributed by atoms with Crippen LogP contribution < -0.4 is 0 Å². The van der Waals surface area contributed by atoms with Gasteiger partial charge in [0.2, 0.25) is 0 Å². The van der Waals surface area contributed by atoms with Gasteiger partial charge >= 0.3 is 0 Å². The Hall–Kier alpha value is -0.790. The van der Waals surface area contributed by atoms with Crippen molar-refractivity contribution in [3.8, 4) is 0 Å². The first-order valence-electron chi connectivity index (χ1n) is 4.98. The van der Waals surface area contributed by atoms with Gasteiger partial charge in [0.15, 0.2) is 5.78 Å². The molecular formula is C13H14Cl2O. The van der Waals surface area contributed by atoms with E-state index in [1.807, 2.05) is 20.8 Å². The van der Waals surface area contributed by atoms with Crippen LogP contribution in [0.3, 0.4) is 0 Å². The van der Waals surface area contributed by atoms with Gasteiger partial charge in [0, 0.05) is 21.7 Å². The second kappa shape index (κ2) is 5.03. The Morgan fingerprint density at radius 2 is 1.69 bits per heavy atom. The molecule has 0 spiro atoms. The fourth-order valence-electron chi connectivity index (χ4n) is 1.03. The molecule has 0 aliphatic rings. The van der Waals surface area contributed by atoms with Gasteiger partial charge in [0.05, 0.1) is 0 Å². The van der Waals surface area contributed by atoms with Crippen LogP contribution in [0.15, 0.2) is 35.4 Å². The van der Waals surface area contributed by atoms with Crippen molar-refractivity contribution in [1.29, 1.82) is 0 Å². The molecule has 16 heavy (non-hydrogen) atoms. The Labute approximate surface area is 106 Å². The number of rotatable bonds is 2. The topological polar surface area (TPSA) is 17.1 Å². The van der Waals surface area contributed by atoms with E-state index < -0.39 is 0 Å². The lowest BCUT2D eigenvalue weighted by Gasteiger charge is -2.16. The summed E-state index contributed by atoms with van der Waals surface area (Å²) in [5.41, 5.74) is 0.385. The van der Waals surface area contributed by atoms with Gasteiger partial charge in [0.25, 0.3) is 0 Å². The van der Waals surface area contributed by atoms with Crippen LogP contribution in [0, 0.1) is 5.41 Å². The van der Waals surface area contributed by atoms with Gasteiger partial charge in [-0.15, -0.1) is 0 Å². The van der Waals surface area contributed by atoms with E-state index in [0.29, 0.717) is 15.6 Å². The Bertz CT molecular complexity index is 411. The minimum absolute atomic E-state index is 0.100. The largest absolute Gasteiger partial charge is 0.289 e. The van der Waals surface area contributed by atoms with E-state index in [4.69, 9.17) is 23.2 Å². The molecule has 0 heterocycles. The summed E-state index contributed by atoms with van der Waals surface area (Å²) in [5, 5.41) is 1.16. The quantitative estimate of drug-likeness (QED) is 0.554. The molecule has 0 bridgehead atoms. The fraction of sp³-hybridized carbons (Fsp3) is 0.308. The van der Waals surface area contributed by atoms with Crippen LogP contribution in [0.4, 0.5) is 0 Å². The Kier molecular flexibility index (Phi) is 4.17. The van der Waals surface area contributed by atoms with Gasteiger partial charge in [-0.05, 0) is 29.7 Å². The summed E-state index contributed by atoms with van der Waals surface area (Å²) in [7, 11) is 0. The van der Waals surface area contributed by atoms with E-state index >= 15 is 0 Å². The third-order valence-corrected chi connectivity index (χ3v) is 3.03. The van der Waals surface area contributed by atoms with Crippen LogP contribution in [0.2, 0.25) is 5.02 Å². The lowest BCUT2D eigenvalue weighted by atomic mass is 9.94. The first kappa shape index (κ1) is 13.3. The fourth-order valence-corrected chi connectivity index (χ4v) is 1.25. The van der Waals surface area contributed by atoms with Crippen LogP contribution in [-0.2, 0) is 0 Å². The maximum Gasteiger partial charge on any atom is 0.187 e. The molecule has 3 heteroatoms. The Morgan fingerprint density at radius 3 is 2.12 bits per heavy atom. The highest BCUT2D eigenvalue weighted by Crippen LogP contribution is 2.28. The van der Waals surface area contributed by atoms with Gasteiger partial charge in [-0.3, -0.25) is 4.79 Å². The second-order valence-electron chi connectivity index (χ2n) is 4.61. The lowest BCUT2D eigenvalue weighted by molar-refractivity contribution is 0.104. The number of benzene rings is 1. The van der Waals surface area contributed by atoms with Crippen molar-refractivity contribution < 1.29 is 4.79 Å². The van der Waals surface area contributed by atoms with Gasteiger partial charge in [-0.2, -0.15) is 0 Å². The number of ketones is 1. The van der Waals surface area contributed by atoms with E-state index in [0.717, 1.165) is 0 Å². The second-order valence-corrected chi connectivity index (χ2v) is 5.46. The highest BCUT2D eigenvalue weighted by atomic mass is 35.5. The summed E-state index contributed by atoms with van der Waals surface area (Å²) in [6.07, 6.45) is 1.46. The van der Waals surface area contributed by atoms with E-state index in [1.165, 1.54) is 6.08 Å². The molecule has 1 aromatic carbocycles. The van der Waals surface area contributed by atoms with Crippen LogP contribution in [0.1, 0.15) is 31.1 Å². The number of hydrogen-bond donors (Lipinski definition) is 0. The summed E-state index contributed by atoms with van der Waals surface area (Å²) in [6.45, 7) is 5.88. The lowest BCUT2D eigenvalue weighted by Crippen LogP contribution is -2.07. The molecule has 0 aliphatic carbocycles. The Balaban J connectivity index is 2.92. The molecule has 1 nitrogen and oxygen atoms in total. The monoisotopic (exact) mass is 256 g/mol. The number of carbonyl (C=O) groups is 1. The predicted octanol–water partition coefficient (Wildman–Crippen LogP) is 4.69. The summed E-state index contributed by atoms with van der Waals surface area (Å²) in [5.74, 6) is -0.100. The van der Waals surface area contributed by atoms with Crippen molar-refractivity contribution in [1.82, 2.24) is 0 Å². The maximum absolute atomic E-state index is 11.8. The van der Waals surface area contributed by atoms with E-state index in [2.05, 4.69) is 0 Å². The first-order valence-corrected chi connectivity index (χ1v) is 5.74. The van der Waals surface area contributed by atoms with E-state index in [1.54, 1.807) is 24.3 Å². The van der Waals surface area contributed by atoms with E-state index in [9.17, 15) is 4.79 Å². The number of hydrogen-bond acceptors (Lipinski definition) is 1. The molecule has 1 rings (SSSR count). The molecule has 0 saturated carbocycles. The Morgan fingerprint density at radius 1 is 1.19 bits per heavy atom. The molecule has 0 aromatic heterocycles. The molecule has 1 aromatic rings. The molecule has 86 valence electrons. The summed E-state index contributed by atoms with van der Waals surface area (Å²) >= 11 is 11.8. The molecular weight excluding hydrogens is 243 g/mol. The standard InChI is InChI=1S/C13H14Cl2O/c1-13(2,3)12(15)8-11(16)9-4-6-10(14)7-5-9/h4-8H,1-3H3/b12-8-. The molecule has 0 unspecified atom stereocenters. The SMILES string of the molecule is CC(C)(C)/C(Cl)=C/C(=O)c1ccc(Cl)cc1. The van der Waals surface area contributed by atoms with Gasteiger partial charge in [0.1, 0.15) is 0 Å². The van der Waals surface area contributed by atoms with Gasteiger partial charge in [-0.1, -0.05) is 44.0 Å². The number of halogens is 2. The smallest absolute Gasteiger partial charge is 0.187 e. The average Bonchev–Trinajstić information content (AvgIpc) is 2.17. The maximum atomic E-state index is 11.8. The third-order valence-electron chi connectivity index (χ3n) is 2.10. The predicted molar refractivity (Wildman–Crippen MR) is 69.2 cm³/mol. The van der Waals surface area contributed by atoms with Crippen molar-refractivity contribution in [2.24, 2.45) is 5.41 Å². The zero-order chi connectivity index (χ0) is 12.3. The molecule has 0 amide bonds. The molecule has 0 radical (unpaired) electrons. The van der Waals surface area contributed by atoms with Crippen LogP contribution in [-0.4, -0.2) is 5.78 Å². The summed E-state index contributed by atoms with van der Waals surface area (Å²) in [6, 6.07) is 6.75. The van der Waals surface area contributed by atoms with Crippen molar-refractivity contribution in [2.75, 3.05) is 0 Å². The van der Waals surface area contributed by atoms with Crippen LogP contribution in [0.5, 0.6) is 0 Å². The zero-order valence-electron chi connectivity index (χ0n) is 9.55. The average molecular weight is 257 g/mol. The van der Waals surface area contributed by atoms with Crippen molar-refractivity contribution in [2.45, 2.75) is 20.8 Å². The van der Waals surface area contributed by atoms with Gasteiger partial charge < -0.3 is 0 Å². The highest BCUT2D eigenvalue weighted by molar-refractivity contribution is 6.32. The zero-order valence-corrected chi connectivity index (χ0v) is 11.1. The molecule has 0 aliphatic heterocycles. The highest BCUT2D eigenvalue weighted by Gasteiger charge is 2.16. The van der Waals surface area contributed by atoms with Gasteiger partial charge in [-0.25, -0.2) is 0 Å². The van der Waals surface area contributed by atoms with Crippen LogP contribution in [0.25, 0.3) is 0 Å². The minimum atomic E-state index is -0.205. The molecule has 0 saturated heterocycles. The van der Waals surface area contributed by atoms with Crippen molar-refractivity contribution >= 4 is 29.0 Å². The number of allylic oxidation sites excluding steroid dienone is 2. The first-order chi connectivity index (χ1) is 7.30. The van der Waals surface area contributed by atoms with Crippen molar-refractivity contribution in [3.63, 3.8) is 0 Å². The minimum Gasteiger partial charge on any atom is -0.289 e. The number of carbonyl (C=O) groups excluding carboxylic acids is 1. The van der Waals surface area contributed by atoms with Crippen LogP contribution >= 0.6 is 23.2 Å². The summed E-state index contributed by atoms with van der Waals surface area (Å²) in [4.78, 5) is 11.8. The molecule has 0 N–H and O–H groups in total.